The van der Waals surface area contributed by atoms with Gasteiger partial charge >= 0.3 is 39.5 Å². The molecule has 0 saturated heterocycles. The smallest absolute Gasteiger partial charge is 0.462 e. The predicted octanol–water partition coefficient (Wildman–Crippen LogP) is 20.1. The highest BCUT2D eigenvalue weighted by molar-refractivity contribution is 7.47. The molecule has 0 bridgehead atoms. The Morgan fingerprint density at radius 2 is 0.467 bits per heavy atom. The largest absolute Gasteiger partial charge is 0.472 e. The standard InChI is InChI=1S/C71H138O17P2/c1-61(2)47-39-31-23-17-12-9-10-14-21-27-37-45-53-70(75)88-67(58-82-69(74)52-44-36-30-29-34-42-50-64(7)8)60-86-90(79,80)84-56-65(72)55-83-89(77,78)85-59-66(87-71(76)54-46-38-28-22-16-19-25-33-41-49-63(5)6)57-81-68(73)51-43-35-26-20-15-11-13-18-24-32-40-48-62(3)4/h61-67,72H,9-60H2,1-8H3,(H,77,78)(H,79,80)/t65-,66-,67-/m1/s1. The van der Waals surface area contributed by atoms with E-state index in [1.54, 1.807) is 0 Å². The van der Waals surface area contributed by atoms with Crippen LogP contribution >= 0.6 is 15.6 Å². The van der Waals surface area contributed by atoms with Crippen molar-refractivity contribution in [3.8, 4) is 0 Å². The molecule has 19 heteroatoms. The maximum atomic E-state index is 13.0. The average molecular weight is 1330 g/mol. The zero-order valence-electron chi connectivity index (χ0n) is 58.8. The molecule has 0 aliphatic rings. The fraction of sp³-hybridized carbons (Fsp3) is 0.944. The van der Waals surface area contributed by atoms with E-state index in [0.717, 1.165) is 114 Å². The summed E-state index contributed by atoms with van der Waals surface area (Å²) in [6.45, 7) is 14.1. The van der Waals surface area contributed by atoms with Crippen LogP contribution in [0.5, 0.6) is 0 Å². The molecule has 0 aromatic rings. The van der Waals surface area contributed by atoms with Crippen LogP contribution in [0.2, 0.25) is 0 Å². The molecule has 0 aromatic heterocycles. The van der Waals surface area contributed by atoms with Crippen molar-refractivity contribution >= 4 is 39.5 Å². The van der Waals surface area contributed by atoms with E-state index in [1.807, 2.05) is 0 Å². The summed E-state index contributed by atoms with van der Waals surface area (Å²) in [6.07, 6.45) is 43.2. The molecule has 0 radical (unpaired) electrons. The Bertz CT molecular complexity index is 1780. The molecular formula is C71H138O17P2. The molecule has 17 nitrogen and oxygen atoms in total. The van der Waals surface area contributed by atoms with E-state index in [9.17, 15) is 43.2 Å². The van der Waals surface area contributed by atoms with Gasteiger partial charge in [-0.3, -0.25) is 37.3 Å². The Morgan fingerprint density at radius 3 is 0.689 bits per heavy atom. The number of phosphoric ester groups is 2. The van der Waals surface area contributed by atoms with Gasteiger partial charge in [0, 0.05) is 25.7 Å². The van der Waals surface area contributed by atoms with Gasteiger partial charge in [0.25, 0.3) is 0 Å². The molecule has 0 aromatic carbocycles. The average Bonchev–Trinajstić information content (AvgIpc) is 2.58. The van der Waals surface area contributed by atoms with Gasteiger partial charge in [0.2, 0.25) is 0 Å². The molecule has 534 valence electrons. The van der Waals surface area contributed by atoms with Gasteiger partial charge in [-0.25, -0.2) is 9.13 Å². The lowest BCUT2D eigenvalue weighted by Gasteiger charge is -2.21. The molecular weight excluding hydrogens is 1190 g/mol. The minimum absolute atomic E-state index is 0.105. The third kappa shape index (κ3) is 64.8. The van der Waals surface area contributed by atoms with Crippen LogP contribution in [0, 0.1) is 23.7 Å². The van der Waals surface area contributed by atoms with Crippen molar-refractivity contribution < 1.29 is 80.2 Å². The van der Waals surface area contributed by atoms with E-state index in [0.29, 0.717) is 31.6 Å². The molecule has 0 aliphatic heterocycles. The number of phosphoric acid groups is 2. The van der Waals surface area contributed by atoms with Crippen LogP contribution in [-0.4, -0.2) is 96.7 Å². The molecule has 0 amide bonds. The van der Waals surface area contributed by atoms with E-state index in [2.05, 4.69) is 55.4 Å². The number of carbonyl (C=O) groups excluding carboxylic acids is 4. The van der Waals surface area contributed by atoms with Crippen molar-refractivity contribution in [2.75, 3.05) is 39.6 Å². The quantitative estimate of drug-likeness (QED) is 0.0222. The normalized spacial score (nSPS) is 14.3. The lowest BCUT2D eigenvalue weighted by atomic mass is 10.0. The van der Waals surface area contributed by atoms with Crippen molar-refractivity contribution in [3.05, 3.63) is 0 Å². The number of rotatable bonds is 68. The maximum Gasteiger partial charge on any atom is 0.472 e. The first kappa shape index (κ1) is 88.1. The molecule has 0 aliphatic carbocycles. The summed E-state index contributed by atoms with van der Waals surface area (Å²) in [7, 11) is -9.90. The summed E-state index contributed by atoms with van der Waals surface area (Å²) in [6, 6.07) is 0. The third-order valence-electron chi connectivity index (χ3n) is 16.3. The van der Waals surface area contributed by atoms with E-state index >= 15 is 0 Å². The van der Waals surface area contributed by atoms with Crippen LogP contribution in [0.3, 0.4) is 0 Å². The number of carbonyl (C=O) groups is 4. The number of hydrogen-bond acceptors (Lipinski definition) is 15. The second-order valence-corrected chi connectivity index (χ2v) is 30.4. The Morgan fingerprint density at radius 1 is 0.278 bits per heavy atom. The van der Waals surface area contributed by atoms with Crippen LogP contribution in [0.4, 0.5) is 0 Å². The molecule has 0 rings (SSSR count). The number of aliphatic hydroxyl groups is 1. The summed E-state index contributed by atoms with van der Waals surface area (Å²) in [5.41, 5.74) is 0. The fourth-order valence-corrected chi connectivity index (χ4v) is 12.2. The highest BCUT2D eigenvalue weighted by atomic mass is 31.2. The van der Waals surface area contributed by atoms with Crippen LogP contribution < -0.4 is 0 Å². The molecule has 0 fully saturated rings. The van der Waals surface area contributed by atoms with E-state index in [1.165, 1.54) is 148 Å². The Balaban J connectivity index is 5.24. The summed E-state index contributed by atoms with van der Waals surface area (Å²) in [5, 5.41) is 10.6. The highest BCUT2D eigenvalue weighted by Gasteiger charge is 2.30. The minimum atomic E-state index is -4.95. The van der Waals surface area contributed by atoms with Gasteiger partial charge in [0.1, 0.15) is 19.3 Å². The zero-order valence-corrected chi connectivity index (χ0v) is 60.6. The van der Waals surface area contributed by atoms with E-state index in [4.69, 9.17) is 37.0 Å². The zero-order chi connectivity index (χ0) is 66.8. The summed E-state index contributed by atoms with van der Waals surface area (Å²) >= 11 is 0. The first-order valence-corrected chi connectivity index (χ1v) is 39.7. The highest BCUT2D eigenvalue weighted by Crippen LogP contribution is 2.45. The monoisotopic (exact) mass is 1320 g/mol. The second-order valence-electron chi connectivity index (χ2n) is 27.5. The van der Waals surface area contributed by atoms with Gasteiger partial charge in [-0.15, -0.1) is 0 Å². The number of ether oxygens (including phenoxy) is 4. The topological polar surface area (TPSA) is 237 Å². The van der Waals surface area contributed by atoms with Gasteiger partial charge in [-0.2, -0.15) is 0 Å². The summed E-state index contributed by atoms with van der Waals surface area (Å²) < 4.78 is 68.3. The van der Waals surface area contributed by atoms with Crippen LogP contribution in [0.1, 0.15) is 351 Å². The van der Waals surface area contributed by atoms with Gasteiger partial charge < -0.3 is 33.8 Å². The molecule has 0 heterocycles. The molecule has 3 N–H and O–H groups in total. The van der Waals surface area contributed by atoms with E-state index in [-0.39, 0.29) is 25.7 Å². The predicted molar refractivity (Wildman–Crippen MR) is 363 cm³/mol. The Hall–Kier alpha value is -1.94. The molecule has 2 unspecified atom stereocenters. The maximum absolute atomic E-state index is 13.0. The first-order valence-electron chi connectivity index (χ1n) is 36.7. The lowest BCUT2D eigenvalue weighted by Crippen LogP contribution is -2.30. The van der Waals surface area contributed by atoms with Crippen LogP contribution in [0.15, 0.2) is 0 Å². The first-order chi connectivity index (χ1) is 43.1. The minimum Gasteiger partial charge on any atom is -0.462 e. The van der Waals surface area contributed by atoms with Crippen molar-refractivity contribution in [2.45, 2.75) is 369 Å². The van der Waals surface area contributed by atoms with Crippen molar-refractivity contribution in [1.82, 2.24) is 0 Å². The SMILES string of the molecule is CC(C)CCCCCCCCCCCCCCC(=O)O[C@H](COC(=O)CCCCCCCCC(C)C)COP(=O)(O)OC[C@H](O)COP(=O)(O)OC[C@@H](COC(=O)CCCCCCCCCCCCCC(C)C)OC(=O)CCCCCCCCCCCC(C)C. The van der Waals surface area contributed by atoms with Crippen molar-refractivity contribution in [1.29, 1.82) is 0 Å². The van der Waals surface area contributed by atoms with Crippen molar-refractivity contribution in [2.24, 2.45) is 23.7 Å². The third-order valence-corrected chi connectivity index (χ3v) is 18.2. The van der Waals surface area contributed by atoms with Gasteiger partial charge in [0.05, 0.1) is 26.4 Å². The van der Waals surface area contributed by atoms with Crippen LogP contribution in [-0.2, 0) is 65.4 Å². The number of aliphatic hydroxyl groups excluding tert-OH is 1. The number of unbranched alkanes of at least 4 members (excludes halogenated alkanes) is 34. The number of hydrogen-bond donors (Lipinski definition) is 3. The summed E-state index contributed by atoms with van der Waals surface area (Å²) in [5.74, 6) is 0.834. The second kappa shape index (κ2) is 60.7. The lowest BCUT2D eigenvalue weighted by molar-refractivity contribution is -0.161. The van der Waals surface area contributed by atoms with Gasteiger partial charge in [-0.05, 0) is 49.4 Å². The molecule has 5 atom stereocenters. The van der Waals surface area contributed by atoms with Gasteiger partial charge in [-0.1, -0.05) is 299 Å². The van der Waals surface area contributed by atoms with E-state index < -0.39 is 97.5 Å². The molecule has 90 heavy (non-hydrogen) atoms. The fourth-order valence-electron chi connectivity index (χ4n) is 10.7. The molecule has 0 spiro atoms. The molecule has 0 saturated carbocycles. The van der Waals surface area contributed by atoms with Gasteiger partial charge in [0.15, 0.2) is 12.2 Å². The summed E-state index contributed by atoms with van der Waals surface area (Å²) in [4.78, 5) is 72.6. The number of esters is 4. The Kier molecular flexibility index (Phi) is 59.4. The Labute approximate surface area is 549 Å². The van der Waals surface area contributed by atoms with Crippen molar-refractivity contribution in [3.63, 3.8) is 0 Å². The van der Waals surface area contributed by atoms with Crippen LogP contribution in [0.25, 0.3) is 0 Å².